The van der Waals surface area contributed by atoms with Gasteiger partial charge in [-0.05, 0) is 48.7 Å². The highest BCUT2D eigenvalue weighted by atomic mass is 32.2. The summed E-state index contributed by atoms with van der Waals surface area (Å²) in [6.45, 7) is 4.95. The molecule has 0 aromatic heterocycles. The fourth-order valence-electron chi connectivity index (χ4n) is 3.09. The van der Waals surface area contributed by atoms with Crippen LogP contribution in [0.5, 0.6) is 0 Å². The molecule has 0 saturated carbocycles. The molecule has 0 aliphatic rings. The molecule has 3 aromatic rings. The molecule has 156 valence electrons. The zero-order valence-corrected chi connectivity index (χ0v) is 18.3. The van der Waals surface area contributed by atoms with Crippen LogP contribution < -0.4 is 10.6 Å². The van der Waals surface area contributed by atoms with Crippen molar-refractivity contribution >= 4 is 21.5 Å². The molecule has 2 N–H and O–H groups in total. The Morgan fingerprint density at radius 2 is 1.57 bits per heavy atom. The van der Waals surface area contributed by atoms with Crippen LogP contribution in [0.15, 0.2) is 82.7 Å². The monoisotopic (exact) mass is 421 g/mol. The van der Waals surface area contributed by atoms with Crippen LogP contribution in [0.2, 0.25) is 0 Å². The van der Waals surface area contributed by atoms with E-state index >= 15 is 0 Å². The van der Waals surface area contributed by atoms with Crippen LogP contribution in [0.25, 0.3) is 0 Å². The van der Waals surface area contributed by atoms with E-state index in [9.17, 15) is 8.42 Å². The van der Waals surface area contributed by atoms with Crippen molar-refractivity contribution in [3.05, 3.63) is 95.1 Å². The van der Waals surface area contributed by atoms with Gasteiger partial charge in [-0.1, -0.05) is 60.2 Å². The Bertz CT molecular complexity index is 1120. The number of sulfone groups is 1. The number of aliphatic imine (C=N–C) groups is 1. The van der Waals surface area contributed by atoms with Gasteiger partial charge in [-0.25, -0.2) is 13.4 Å². The maximum atomic E-state index is 11.8. The van der Waals surface area contributed by atoms with E-state index in [0.717, 1.165) is 22.4 Å². The lowest BCUT2D eigenvalue weighted by molar-refractivity contribution is 0.601. The maximum Gasteiger partial charge on any atom is 0.196 e. The Kier molecular flexibility index (Phi) is 6.90. The van der Waals surface area contributed by atoms with Crippen molar-refractivity contribution in [2.75, 3.05) is 11.6 Å². The number of benzene rings is 3. The van der Waals surface area contributed by atoms with Gasteiger partial charge in [0.2, 0.25) is 0 Å². The lowest BCUT2D eigenvalue weighted by atomic mass is 10.1. The van der Waals surface area contributed by atoms with E-state index in [0.29, 0.717) is 23.9 Å². The van der Waals surface area contributed by atoms with Crippen molar-refractivity contribution in [2.24, 2.45) is 4.99 Å². The highest BCUT2D eigenvalue weighted by molar-refractivity contribution is 7.90. The Morgan fingerprint density at radius 3 is 2.20 bits per heavy atom. The van der Waals surface area contributed by atoms with E-state index in [2.05, 4.69) is 41.8 Å². The topological polar surface area (TPSA) is 70.6 Å². The van der Waals surface area contributed by atoms with Gasteiger partial charge in [-0.2, -0.15) is 0 Å². The molecular formula is C24H27N3O2S. The van der Waals surface area contributed by atoms with E-state index in [-0.39, 0.29) is 0 Å². The number of aryl methyl sites for hydroxylation is 2. The fourth-order valence-corrected chi connectivity index (χ4v) is 4.04. The van der Waals surface area contributed by atoms with Crippen LogP contribution in [0, 0.1) is 13.8 Å². The molecule has 6 heteroatoms. The summed E-state index contributed by atoms with van der Waals surface area (Å²) >= 11 is 0. The summed E-state index contributed by atoms with van der Waals surface area (Å²) in [7, 11) is -3.23. The molecule has 0 aliphatic heterocycles. The van der Waals surface area contributed by atoms with Crippen LogP contribution in [0.3, 0.4) is 0 Å². The zero-order valence-electron chi connectivity index (χ0n) is 17.5. The predicted octanol–water partition coefficient (Wildman–Crippen LogP) is 4.46. The van der Waals surface area contributed by atoms with Gasteiger partial charge in [0, 0.05) is 18.5 Å². The second-order valence-electron chi connectivity index (χ2n) is 7.37. The molecule has 0 atom stereocenters. The largest absolute Gasteiger partial charge is 0.352 e. The van der Waals surface area contributed by atoms with Gasteiger partial charge >= 0.3 is 0 Å². The summed E-state index contributed by atoms with van der Waals surface area (Å²) in [5.74, 6) is 0.659. The molecule has 3 aromatic carbocycles. The van der Waals surface area contributed by atoms with E-state index in [1.54, 1.807) is 6.07 Å². The first kappa shape index (κ1) is 21.6. The molecule has 0 unspecified atom stereocenters. The summed E-state index contributed by atoms with van der Waals surface area (Å²) in [5.41, 5.74) is 5.01. The van der Waals surface area contributed by atoms with Crippen LogP contribution in [0.1, 0.15) is 22.3 Å². The minimum absolute atomic E-state index is 0.357. The number of nitrogens with one attached hydrogen (secondary N) is 2. The van der Waals surface area contributed by atoms with E-state index < -0.39 is 9.84 Å². The normalized spacial score (nSPS) is 11.9. The van der Waals surface area contributed by atoms with Crippen LogP contribution in [-0.2, 0) is 22.9 Å². The summed E-state index contributed by atoms with van der Waals surface area (Å²) < 4.78 is 23.7. The van der Waals surface area contributed by atoms with Crippen molar-refractivity contribution in [3.8, 4) is 0 Å². The third-order valence-electron chi connectivity index (χ3n) is 4.68. The molecule has 0 heterocycles. The highest BCUT2D eigenvalue weighted by Gasteiger charge is 2.11. The lowest BCUT2D eigenvalue weighted by Gasteiger charge is -2.13. The number of guanidine groups is 1. The van der Waals surface area contributed by atoms with Crippen molar-refractivity contribution in [1.82, 2.24) is 5.32 Å². The van der Waals surface area contributed by atoms with E-state index in [4.69, 9.17) is 4.99 Å². The Hall–Kier alpha value is -3.12. The average Bonchev–Trinajstić information content (AvgIpc) is 2.71. The fraction of sp³-hybridized carbons (Fsp3) is 0.208. The lowest BCUT2D eigenvalue weighted by Crippen LogP contribution is -2.30. The highest BCUT2D eigenvalue weighted by Crippen LogP contribution is 2.17. The number of para-hydroxylation sites is 1. The van der Waals surface area contributed by atoms with Gasteiger partial charge < -0.3 is 10.6 Å². The first-order chi connectivity index (χ1) is 14.3. The molecule has 0 saturated heterocycles. The second kappa shape index (κ2) is 9.59. The molecule has 0 aliphatic carbocycles. The van der Waals surface area contributed by atoms with Crippen LogP contribution in [0.4, 0.5) is 5.69 Å². The quantitative estimate of drug-likeness (QED) is 0.455. The molecule has 0 spiro atoms. The summed E-state index contributed by atoms with van der Waals surface area (Å²) in [6, 6.07) is 23.6. The Balaban J connectivity index is 1.77. The molecule has 0 amide bonds. The standard InChI is InChI=1S/C24H27N3O2S/c1-18-9-11-20(12-10-18)16-25-24(27-22-7-5-4-6-8-22)26-17-21-13-14-23(19(2)15-21)30(3,28)29/h4-15H,16-17H2,1-3H3,(H2,25,26,27). The van der Waals surface area contributed by atoms with E-state index in [1.807, 2.05) is 49.4 Å². The van der Waals surface area contributed by atoms with Gasteiger partial charge in [0.15, 0.2) is 15.8 Å². The van der Waals surface area contributed by atoms with Crippen molar-refractivity contribution in [2.45, 2.75) is 31.8 Å². The second-order valence-corrected chi connectivity index (χ2v) is 9.35. The summed E-state index contributed by atoms with van der Waals surface area (Å²) in [4.78, 5) is 5.06. The van der Waals surface area contributed by atoms with Gasteiger partial charge in [0.25, 0.3) is 0 Å². The molecule has 0 radical (unpaired) electrons. The minimum Gasteiger partial charge on any atom is -0.352 e. The molecule has 3 rings (SSSR count). The number of nitrogens with zero attached hydrogens (tertiary/aromatic N) is 1. The third-order valence-corrected chi connectivity index (χ3v) is 5.93. The SMILES string of the molecule is Cc1ccc(CNC(=NCc2ccc(S(C)(=O)=O)c(C)c2)Nc2ccccc2)cc1. The third kappa shape index (κ3) is 6.19. The molecule has 30 heavy (non-hydrogen) atoms. The summed E-state index contributed by atoms with van der Waals surface area (Å²) in [5, 5.41) is 6.69. The smallest absolute Gasteiger partial charge is 0.196 e. The Morgan fingerprint density at radius 1 is 0.900 bits per heavy atom. The first-order valence-corrected chi connectivity index (χ1v) is 11.7. The van der Waals surface area contributed by atoms with Gasteiger partial charge in [-0.3, -0.25) is 0 Å². The first-order valence-electron chi connectivity index (χ1n) is 9.77. The minimum atomic E-state index is -3.23. The van der Waals surface area contributed by atoms with Crippen molar-refractivity contribution in [3.63, 3.8) is 0 Å². The average molecular weight is 422 g/mol. The maximum absolute atomic E-state index is 11.8. The molecule has 5 nitrogen and oxygen atoms in total. The van der Waals surface area contributed by atoms with Gasteiger partial charge in [0.05, 0.1) is 11.4 Å². The Labute approximate surface area is 178 Å². The van der Waals surface area contributed by atoms with E-state index in [1.165, 1.54) is 11.8 Å². The molecular weight excluding hydrogens is 394 g/mol. The van der Waals surface area contributed by atoms with Gasteiger partial charge in [-0.15, -0.1) is 0 Å². The number of anilines is 1. The zero-order chi connectivity index (χ0) is 21.6. The molecule has 0 fully saturated rings. The van der Waals surface area contributed by atoms with Crippen LogP contribution >= 0.6 is 0 Å². The number of hydrogen-bond donors (Lipinski definition) is 2. The molecule has 0 bridgehead atoms. The van der Waals surface area contributed by atoms with Gasteiger partial charge in [0.1, 0.15) is 0 Å². The van der Waals surface area contributed by atoms with Crippen molar-refractivity contribution < 1.29 is 8.42 Å². The number of hydrogen-bond acceptors (Lipinski definition) is 3. The van der Waals surface area contributed by atoms with Crippen LogP contribution in [-0.4, -0.2) is 20.6 Å². The number of rotatable bonds is 6. The summed E-state index contributed by atoms with van der Waals surface area (Å²) in [6.07, 6.45) is 1.23. The predicted molar refractivity (Wildman–Crippen MR) is 124 cm³/mol. The van der Waals surface area contributed by atoms with Crippen molar-refractivity contribution in [1.29, 1.82) is 0 Å².